The molecular weight excluding hydrogens is 85.9 g/mol. The fourth-order valence-electron chi connectivity index (χ4n) is 0.442. The molecule has 0 aromatic rings. The second-order valence-corrected chi connectivity index (χ2v) is 1.68. The molecule has 8 heavy (non-hydrogen) atoms. The van der Waals surface area contributed by atoms with Crippen LogP contribution >= 0.6 is 0 Å². The van der Waals surface area contributed by atoms with Crippen LogP contribution in [0.15, 0.2) is 6.58 Å². The largest absolute Gasteiger partial charge is 1.00 e. The normalized spacial score (nSPS) is 15.5. The Morgan fingerprint density at radius 2 is 1.88 bits per heavy atom. The molecule has 0 aliphatic heterocycles. The van der Waals surface area contributed by atoms with E-state index in [2.05, 4.69) is 12.7 Å². The predicted molar refractivity (Wildman–Crippen MR) is 26.0 cm³/mol. The Kier molecular flexibility index (Phi) is 8.86. The van der Waals surface area contributed by atoms with Gasteiger partial charge < -0.3 is 18.4 Å². The molecule has 2 heteroatoms. The molecule has 1 fully saturated rings. The van der Waals surface area contributed by atoms with Gasteiger partial charge in [0, 0.05) is 0 Å². The fourth-order valence-corrected chi connectivity index (χ4v) is 0.442. The summed E-state index contributed by atoms with van der Waals surface area (Å²) in [5.41, 5.74) is 0. The molecule has 0 amide bonds. The van der Waals surface area contributed by atoms with Gasteiger partial charge in [-0.3, -0.25) is 6.58 Å². The van der Waals surface area contributed by atoms with Crippen LogP contribution in [-0.2, 0) is 0 Å². The van der Waals surface area contributed by atoms with Crippen LogP contribution < -0.4 is 37.7 Å². The zero-order valence-electron chi connectivity index (χ0n) is 5.83. The molecule has 0 radical (unpaired) electrons. The van der Waals surface area contributed by atoms with Gasteiger partial charge in [-0.25, -0.2) is 12.8 Å². The minimum absolute atomic E-state index is 0. The smallest absolute Gasteiger partial charge is 0.534 e. The Labute approximate surface area is 75.5 Å². The number of rotatable bonds is 2. The zero-order valence-corrected chi connectivity index (χ0v) is 5.83. The van der Waals surface area contributed by atoms with Gasteiger partial charge in [0.2, 0.25) is 0 Å². The van der Waals surface area contributed by atoms with Crippen molar-refractivity contribution in [3.63, 3.8) is 0 Å². The minimum Gasteiger partial charge on any atom is -0.534 e. The Hall–Kier alpha value is 0.935. The summed E-state index contributed by atoms with van der Waals surface area (Å²) in [6, 6.07) is 0. The molecule has 0 unspecified atom stereocenters. The summed E-state index contributed by atoms with van der Waals surface area (Å²) in [5, 5.41) is 0. The maximum atomic E-state index is 3.50. The summed E-state index contributed by atoms with van der Waals surface area (Å²) in [4.78, 5) is 0. The molecule has 0 atom stereocenters. The van der Waals surface area contributed by atoms with E-state index in [4.69, 9.17) is 0 Å². The maximum Gasteiger partial charge on any atom is 1.00 e. The Balaban J connectivity index is 0. The number of hydrogen-bond acceptors (Lipinski definition) is 0. The van der Waals surface area contributed by atoms with Crippen molar-refractivity contribution >= 4 is 0 Å². The quantitative estimate of drug-likeness (QED) is 0.240. The maximum absolute atomic E-state index is 3.50. The molecule has 1 saturated carbocycles. The van der Waals surface area contributed by atoms with Crippen LogP contribution in [0.5, 0.6) is 0 Å². The van der Waals surface area contributed by atoms with E-state index in [0.717, 1.165) is 6.42 Å². The minimum atomic E-state index is 0. The Morgan fingerprint density at radius 3 is 2.00 bits per heavy atom. The van der Waals surface area contributed by atoms with Gasteiger partial charge in [0.15, 0.2) is 0 Å². The molecule has 0 nitrogen and oxygen atoms in total. The van der Waals surface area contributed by atoms with Gasteiger partial charge in [0.1, 0.15) is 0 Å². The summed E-state index contributed by atoms with van der Waals surface area (Å²) in [6.45, 7) is 3.50. The van der Waals surface area contributed by atoms with E-state index in [1.54, 1.807) is 5.92 Å². The van der Waals surface area contributed by atoms with Gasteiger partial charge in [-0.1, -0.05) is 0 Å². The molecule has 0 aromatic heterocycles. The van der Waals surface area contributed by atoms with E-state index >= 15 is 0 Å². The summed E-state index contributed by atoms with van der Waals surface area (Å²) in [7, 11) is 0. The molecule has 0 bridgehead atoms. The third-order valence-electron chi connectivity index (χ3n) is 0.979. The van der Waals surface area contributed by atoms with E-state index in [1.807, 2.05) is 0 Å². The van der Waals surface area contributed by atoms with Crippen LogP contribution in [0, 0.1) is 12.0 Å². The van der Waals surface area contributed by atoms with Crippen molar-refractivity contribution in [3.05, 3.63) is 18.6 Å². The van der Waals surface area contributed by atoms with E-state index in [-0.39, 0.29) is 37.7 Å². The molecule has 1 aliphatic carbocycles. The predicted octanol–water partition coefficient (Wildman–Crippen LogP) is -4.26. The first-order chi connectivity index (χ1) is 2.93. The van der Waals surface area contributed by atoms with Crippen molar-refractivity contribution in [1.29, 1.82) is 0 Å². The fraction of sp³-hybridized carbons (Fsp3) is 0.500. The van der Waals surface area contributed by atoms with E-state index < -0.39 is 0 Å². The van der Waals surface area contributed by atoms with Crippen LogP contribution in [0.4, 0.5) is 0 Å². The summed E-state index contributed by atoms with van der Waals surface area (Å²) >= 11 is 0. The monoisotopic (exact) mass is 94.1 g/mol. The molecule has 0 saturated heterocycles. The molecule has 34 valence electrons. The van der Waals surface area contributed by atoms with Crippen LogP contribution in [0.2, 0.25) is 0 Å². The number of hydrogen-bond donors (Lipinski definition) is 0. The van der Waals surface area contributed by atoms with E-state index in [0.29, 0.717) is 0 Å². The summed E-state index contributed by atoms with van der Waals surface area (Å²) in [6.07, 6.45) is 6.56. The van der Waals surface area contributed by atoms with Crippen molar-refractivity contribution in [2.75, 3.05) is 0 Å². The van der Waals surface area contributed by atoms with Gasteiger partial charge in [-0.05, 0) is 0 Å². The van der Waals surface area contributed by atoms with Crippen LogP contribution in [0.3, 0.4) is 0 Å². The Morgan fingerprint density at radius 1 is 1.38 bits per heavy atom. The average Bonchev–Trinajstić information content (AvgIpc) is 2.21. The van der Waals surface area contributed by atoms with Gasteiger partial charge >= 0.3 is 37.7 Å². The van der Waals surface area contributed by atoms with Crippen LogP contribution in [0.1, 0.15) is 19.3 Å². The topological polar surface area (TPSA) is 0 Å². The summed E-state index contributed by atoms with van der Waals surface area (Å²) in [5.74, 6) is 1.62. The first-order valence-corrected chi connectivity index (χ1v) is 2.27. The zero-order chi connectivity index (χ0) is 4.41. The molecule has 1 rings (SSSR count). The molecule has 0 N–H and O–H groups in total. The first kappa shape index (κ1) is 11.7. The molecule has 1 aliphatic rings. The first-order valence-electron chi connectivity index (χ1n) is 2.27. The van der Waals surface area contributed by atoms with Crippen molar-refractivity contribution in [2.45, 2.75) is 19.3 Å². The molecule has 0 heterocycles. The van der Waals surface area contributed by atoms with Crippen molar-refractivity contribution in [3.8, 4) is 0 Å². The van der Waals surface area contributed by atoms with Crippen molar-refractivity contribution in [1.82, 2.24) is 0 Å². The molecule has 0 aromatic carbocycles. The van der Waals surface area contributed by atoms with Crippen molar-refractivity contribution < 1.29 is 37.7 Å². The second kappa shape index (κ2) is 6.06. The molecular formula is C6H8Li2. The summed E-state index contributed by atoms with van der Waals surface area (Å²) < 4.78 is 0. The van der Waals surface area contributed by atoms with E-state index in [9.17, 15) is 0 Å². The third kappa shape index (κ3) is 5.08. The van der Waals surface area contributed by atoms with Gasteiger partial charge in [-0.2, -0.15) is 0 Å². The van der Waals surface area contributed by atoms with Crippen molar-refractivity contribution in [2.24, 2.45) is 0 Å². The SMILES string of the molecule is C=[C-]C[C-]1CC1.[Li+].[Li+]. The standard InChI is InChI=1S/C6H8.2Li/c1-2-3-6-4-5-6;;/h1,3-5H2;;/q-2;2*+1. The number of allylic oxidation sites excluding steroid dienone is 1. The van der Waals surface area contributed by atoms with Gasteiger partial charge in [0.25, 0.3) is 0 Å². The second-order valence-electron chi connectivity index (χ2n) is 1.68. The van der Waals surface area contributed by atoms with E-state index in [1.165, 1.54) is 12.8 Å². The molecule has 0 spiro atoms. The Bertz CT molecular complexity index is 57.5. The third-order valence-corrected chi connectivity index (χ3v) is 0.979. The van der Waals surface area contributed by atoms with Gasteiger partial charge in [-0.15, -0.1) is 0 Å². The van der Waals surface area contributed by atoms with Crippen LogP contribution in [0.25, 0.3) is 0 Å². The van der Waals surface area contributed by atoms with Gasteiger partial charge in [0.05, 0.1) is 0 Å². The average molecular weight is 94.0 g/mol. The van der Waals surface area contributed by atoms with Crippen LogP contribution in [-0.4, -0.2) is 0 Å².